The number of aromatic nitrogens is 2. The molecule has 0 spiro atoms. The van der Waals surface area contributed by atoms with Crippen LogP contribution in [0, 0.1) is 0 Å². The molecule has 3 rings (SSSR count). The van der Waals surface area contributed by atoms with Crippen LogP contribution in [0.5, 0.6) is 0 Å². The van der Waals surface area contributed by atoms with Crippen LogP contribution in [0.25, 0.3) is 0 Å². The molecular weight excluding hydrogens is 276 g/mol. The van der Waals surface area contributed by atoms with Gasteiger partial charge in [0.2, 0.25) is 0 Å². The average Bonchev–Trinajstić information content (AvgIpc) is 2.67. The van der Waals surface area contributed by atoms with E-state index in [0.717, 1.165) is 5.69 Å². The SMILES string of the molecule is C[C@@H]1Cc2nn3c(c2CN1C(=O)O)C(=O)N(C)C[C@@H](O)C3. The van der Waals surface area contributed by atoms with Crippen LogP contribution in [0.2, 0.25) is 0 Å². The summed E-state index contributed by atoms with van der Waals surface area (Å²) in [6.07, 6.45) is -1.19. The van der Waals surface area contributed by atoms with E-state index in [1.165, 1.54) is 14.5 Å². The van der Waals surface area contributed by atoms with Gasteiger partial charge in [-0.2, -0.15) is 5.10 Å². The van der Waals surface area contributed by atoms with E-state index >= 15 is 0 Å². The lowest BCUT2D eigenvalue weighted by molar-refractivity contribution is 0.0699. The molecule has 0 unspecified atom stereocenters. The summed E-state index contributed by atoms with van der Waals surface area (Å²) in [5.74, 6) is -0.222. The molecule has 0 fully saturated rings. The zero-order chi connectivity index (χ0) is 15.3. The second-order valence-electron chi connectivity index (χ2n) is 5.76. The molecule has 8 nitrogen and oxygen atoms in total. The largest absolute Gasteiger partial charge is 0.465 e. The number of aliphatic hydroxyl groups excluding tert-OH is 1. The van der Waals surface area contributed by atoms with Gasteiger partial charge in [-0.05, 0) is 6.92 Å². The number of carbonyl (C=O) groups excluding carboxylic acids is 1. The summed E-state index contributed by atoms with van der Waals surface area (Å²) in [7, 11) is 1.63. The lowest BCUT2D eigenvalue weighted by Crippen LogP contribution is -2.42. The number of carboxylic acid groups (broad SMARTS) is 1. The van der Waals surface area contributed by atoms with Crippen molar-refractivity contribution in [3.8, 4) is 0 Å². The molecule has 2 atom stereocenters. The van der Waals surface area contributed by atoms with E-state index in [-0.39, 0.29) is 31.6 Å². The van der Waals surface area contributed by atoms with E-state index < -0.39 is 12.2 Å². The van der Waals surface area contributed by atoms with Crippen molar-refractivity contribution in [3.05, 3.63) is 17.0 Å². The lowest BCUT2D eigenvalue weighted by Gasteiger charge is -2.30. The monoisotopic (exact) mass is 294 g/mol. The van der Waals surface area contributed by atoms with E-state index in [2.05, 4.69) is 5.10 Å². The maximum Gasteiger partial charge on any atom is 0.407 e. The van der Waals surface area contributed by atoms with Crippen molar-refractivity contribution in [1.82, 2.24) is 19.6 Å². The Bertz CT molecular complexity index is 612. The van der Waals surface area contributed by atoms with Gasteiger partial charge in [0.25, 0.3) is 5.91 Å². The van der Waals surface area contributed by atoms with Gasteiger partial charge in [-0.1, -0.05) is 0 Å². The van der Waals surface area contributed by atoms with Crippen LogP contribution in [-0.2, 0) is 19.5 Å². The molecule has 0 radical (unpaired) electrons. The Balaban J connectivity index is 2.07. The third-order valence-electron chi connectivity index (χ3n) is 4.15. The smallest absolute Gasteiger partial charge is 0.407 e. The zero-order valence-corrected chi connectivity index (χ0v) is 12.0. The van der Waals surface area contributed by atoms with Crippen LogP contribution in [-0.4, -0.2) is 67.5 Å². The molecule has 2 amide bonds. The van der Waals surface area contributed by atoms with E-state index in [9.17, 15) is 19.8 Å². The quantitative estimate of drug-likeness (QED) is 0.687. The van der Waals surface area contributed by atoms with E-state index in [1.807, 2.05) is 6.92 Å². The van der Waals surface area contributed by atoms with Crippen molar-refractivity contribution in [2.45, 2.75) is 38.6 Å². The van der Waals surface area contributed by atoms with Crippen molar-refractivity contribution in [2.24, 2.45) is 0 Å². The summed E-state index contributed by atoms with van der Waals surface area (Å²) in [5.41, 5.74) is 1.83. The first-order chi connectivity index (χ1) is 9.88. The molecule has 2 N–H and O–H groups in total. The van der Waals surface area contributed by atoms with Crippen molar-refractivity contribution >= 4 is 12.0 Å². The molecule has 21 heavy (non-hydrogen) atoms. The Morgan fingerprint density at radius 2 is 2.10 bits per heavy atom. The van der Waals surface area contributed by atoms with Gasteiger partial charge in [0.15, 0.2) is 0 Å². The van der Waals surface area contributed by atoms with Crippen molar-refractivity contribution in [2.75, 3.05) is 13.6 Å². The molecule has 0 aromatic carbocycles. The van der Waals surface area contributed by atoms with Crippen molar-refractivity contribution in [3.63, 3.8) is 0 Å². The first kappa shape index (κ1) is 13.9. The number of likely N-dealkylation sites (N-methyl/N-ethyl adjacent to an activating group) is 1. The topological polar surface area (TPSA) is 98.9 Å². The highest BCUT2D eigenvalue weighted by Gasteiger charge is 2.36. The predicted molar refractivity (Wildman–Crippen MR) is 71.9 cm³/mol. The summed E-state index contributed by atoms with van der Waals surface area (Å²) in [4.78, 5) is 26.5. The van der Waals surface area contributed by atoms with Gasteiger partial charge in [-0.25, -0.2) is 4.79 Å². The molecule has 0 bridgehead atoms. The minimum absolute atomic E-state index is 0.164. The Labute approximate surface area is 121 Å². The highest BCUT2D eigenvalue weighted by atomic mass is 16.4. The van der Waals surface area contributed by atoms with E-state index in [0.29, 0.717) is 17.7 Å². The number of nitrogens with zero attached hydrogens (tertiary/aromatic N) is 4. The second kappa shape index (κ2) is 4.73. The summed E-state index contributed by atoms with van der Waals surface area (Å²) in [6, 6.07) is -0.174. The molecule has 0 aliphatic carbocycles. The molecule has 0 saturated heterocycles. The maximum atomic E-state index is 12.5. The van der Waals surface area contributed by atoms with Gasteiger partial charge in [0.05, 0.1) is 24.9 Å². The second-order valence-corrected chi connectivity index (χ2v) is 5.76. The van der Waals surface area contributed by atoms with Gasteiger partial charge in [0, 0.05) is 31.6 Å². The lowest BCUT2D eigenvalue weighted by atomic mass is 10.00. The number of hydrogen-bond acceptors (Lipinski definition) is 4. The normalized spacial score (nSPS) is 25.4. The standard InChI is InChI=1S/C13H18N4O4/c1-7-3-10-9(6-16(7)13(20)21)11-12(19)15(2)4-8(18)5-17(11)14-10/h7-8,18H,3-6H2,1-2H3,(H,20,21)/t7-,8-/m1/s1. The summed E-state index contributed by atoms with van der Waals surface area (Å²) < 4.78 is 1.53. The fourth-order valence-electron chi connectivity index (χ4n) is 3.06. The number of β-amino-alcohol motifs (C(OH)–C–C–N with tert-alkyl or cyclic N) is 1. The molecule has 0 saturated carbocycles. The first-order valence-corrected chi connectivity index (χ1v) is 6.90. The maximum absolute atomic E-state index is 12.5. The fourth-order valence-corrected chi connectivity index (χ4v) is 3.06. The number of aliphatic hydroxyl groups is 1. The van der Waals surface area contributed by atoms with Crippen LogP contribution in [0.15, 0.2) is 0 Å². The van der Waals surface area contributed by atoms with Crippen LogP contribution in [0.3, 0.4) is 0 Å². The van der Waals surface area contributed by atoms with Gasteiger partial charge < -0.3 is 20.0 Å². The summed E-state index contributed by atoms with van der Waals surface area (Å²) in [6.45, 7) is 2.48. The Morgan fingerprint density at radius 3 is 2.76 bits per heavy atom. The Hall–Kier alpha value is -2.09. The van der Waals surface area contributed by atoms with Gasteiger partial charge >= 0.3 is 6.09 Å². The minimum Gasteiger partial charge on any atom is -0.465 e. The third kappa shape index (κ3) is 2.15. The zero-order valence-electron chi connectivity index (χ0n) is 12.0. The number of amides is 2. The van der Waals surface area contributed by atoms with Crippen LogP contribution < -0.4 is 0 Å². The fraction of sp³-hybridized carbons (Fsp3) is 0.615. The molecule has 8 heteroatoms. The molecule has 1 aromatic heterocycles. The van der Waals surface area contributed by atoms with Crippen LogP contribution in [0.1, 0.15) is 28.7 Å². The van der Waals surface area contributed by atoms with Crippen molar-refractivity contribution < 1.29 is 19.8 Å². The Kier molecular flexibility index (Phi) is 3.12. The van der Waals surface area contributed by atoms with Gasteiger partial charge in [0.1, 0.15) is 5.69 Å². The van der Waals surface area contributed by atoms with Crippen molar-refractivity contribution in [1.29, 1.82) is 0 Å². The third-order valence-corrected chi connectivity index (χ3v) is 4.15. The van der Waals surface area contributed by atoms with E-state index in [1.54, 1.807) is 7.05 Å². The van der Waals surface area contributed by atoms with Gasteiger partial charge in [-0.3, -0.25) is 9.48 Å². The molecule has 114 valence electrons. The van der Waals surface area contributed by atoms with Crippen LogP contribution in [0.4, 0.5) is 4.79 Å². The Morgan fingerprint density at radius 1 is 1.38 bits per heavy atom. The molecule has 2 aliphatic rings. The number of hydrogen-bond donors (Lipinski definition) is 2. The van der Waals surface area contributed by atoms with Crippen LogP contribution >= 0.6 is 0 Å². The average molecular weight is 294 g/mol. The minimum atomic E-state index is -0.998. The number of fused-ring (bicyclic) bond motifs is 3. The highest BCUT2D eigenvalue weighted by molar-refractivity contribution is 5.94. The molecule has 2 aliphatic heterocycles. The molecular formula is C13H18N4O4. The molecule has 1 aromatic rings. The highest BCUT2D eigenvalue weighted by Crippen LogP contribution is 2.28. The summed E-state index contributed by atoms with van der Waals surface area (Å²) >= 11 is 0. The first-order valence-electron chi connectivity index (χ1n) is 6.90. The number of carbonyl (C=O) groups is 2. The number of rotatable bonds is 0. The summed E-state index contributed by atoms with van der Waals surface area (Å²) in [5, 5.41) is 23.6. The van der Waals surface area contributed by atoms with E-state index in [4.69, 9.17) is 0 Å². The van der Waals surface area contributed by atoms with Gasteiger partial charge in [-0.15, -0.1) is 0 Å². The predicted octanol–water partition coefficient (Wildman–Crippen LogP) is -0.246. The molecule has 3 heterocycles.